The molecule has 1 saturated heterocycles. The average molecular weight is 422 g/mol. The van der Waals surface area contributed by atoms with Crippen LogP contribution < -0.4 is 5.32 Å². The molecule has 0 saturated carbocycles. The number of rotatable bonds is 5. The second-order valence-electron chi connectivity index (χ2n) is 7.23. The van der Waals surface area contributed by atoms with E-state index >= 15 is 0 Å². The normalized spacial score (nSPS) is 19.2. The van der Waals surface area contributed by atoms with Crippen molar-refractivity contribution < 1.29 is 13.2 Å². The summed E-state index contributed by atoms with van der Waals surface area (Å²) < 4.78 is 27.6. The number of halogens is 1. The molecule has 0 aliphatic carbocycles. The maximum absolute atomic E-state index is 13.1. The number of carbonyl (C=O) groups is 1. The summed E-state index contributed by atoms with van der Waals surface area (Å²) in [5.41, 5.74) is 1.17. The van der Waals surface area contributed by atoms with Crippen LogP contribution in [0.5, 0.6) is 0 Å². The van der Waals surface area contributed by atoms with E-state index in [0.717, 1.165) is 18.4 Å². The first kappa shape index (κ1) is 20.8. The average Bonchev–Trinajstić information content (AvgIpc) is 2.68. The van der Waals surface area contributed by atoms with Crippen molar-refractivity contribution >= 4 is 27.5 Å². The van der Waals surface area contributed by atoms with Crippen molar-refractivity contribution in [2.75, 3.05) is 13.1 Å². The van der Waals surface area contributed by atoms with Gasteiger partial charge in [0.05, 0.1) is 11.1 Å². The third kappa shape index (κ3) is 4.54. The highest BCUT2D eigenvalue weighted by Gasteiger charge is 2.31. The Hall–Kier alpha value is -1.96. The van der Waals surface area contributed by atoms with Gasteiger partial charge in [0.1, 0.15) is 4.90 Å². The molecule has 3 rings (SSSR count). The number of nitrogens with one attached hydrogen (secondary N) is 1. The number of sulfonamides is 1. The van der Waals surface area contributed by atoms with E-state index in [9.17, 15) is 13.2 Å². The van der Waals surface area contributed by atoms with Gasteiger partial charge in [0, 0.05) is 31.0 Å². The number of pyridine rings is 1. The minimum absolute atomic E-state index is 0.0209. The molecule has 1 aliphatic rings. The third-order valence-corrected chi connectivity index (χ3v) is 7.33. The topological polar surface area (TPSA) is 79.4 Å². The van der Waals surface area contributed by atoms with Gasteiger partial charge in [0.2, 0.25) is 10.0 Å². The highest BCUT2D eigenvalue weighted by atomic mass is 35.5. The number of nitrogens with zero attached hydrogens (tertiary/aromatic N) is 2. The van der Waals surface area contributed by atoms with Crippen LogP contribution in [0.1, 0.15) is 48.7 Å². The summed E-state index contributed by atoms with van der Waals surface area (Å²) in [6.07, 6.45) is 5.14. The van der Waals surface area contributed by atoms with Crippen molar-refractivity contribution in [1.82, 2.24) is 14.6 Å². The van der Waals surface area contributed by atoms with Crippen LogP contribution in [0.15, 0.2) is 47.6 Å². The van der Waals surface area contributed by atoms with E-state index in [1.54, 1.807) is 12.4 Å². The van der Waals surface area contributed by atoms with Crippen molar-refractivity contribution in [3.8, 4) is 0 Å². The fraction of sp³-hybridized carbons (Fsp3) is 0.400. The van der Waals surface area contributed by atoms with Crippen LogP contribution in [0.2, 0.25) is 5.02 Å². The smallest absolute Gasteiger partial charge is 0.251 e. The van der Waals surface area contributed by atoms with Crippen molar-refractivity contribution in [1.29, 1.82) is 0 Å². The van der Waals surface area contributed by atoms with Crippen LogP contribution >= 0.6 is 11.6 Å². The molecule has 8 heteroatoms. The summed E-state index contributed by atoms with van der Waals surface area (Å²) in [5.74, 6) is -0.0561. The summed E-state index contributed by atoms with van der Waals surface area (Å²) in [6.45, 7) is 4.83. The Morgan fingerprint density at radius 2 is 2.00 bits per heavy atom. The summed E-state index contributed by atoms with van der Waals surface area (Å²) in [7, 11) is -3.75. The number of hydrogen-bond acceptors (Lipinski definition) is 4. The minimum atomic E-state index is -3.75. The second kappa shape index (κ2) is 8.59. The molecule has 28 heavy (non-hydrogen) atoms. The zero-order valence-electron chi connectivity index (χ0n) is 15.9. The monoisotopic (exact) mass is 421 g/mol. The molecular formula is C20H24ClN3O3S. The molecule has 0 radical (unpaired) electrons. The van der Waals surface area contributed by atoms with Crippen molar-refractivity contribution in [2.45, 2.75) is 37.6 Å². The van der Waals surface area contributed by atoms with Gasteiger partial charge in [-0.05, 0) is 61.6 Å². The first-order chi connectivity index (χ1) is 13.3. The number of amides is 1. The van der Waals surface area contributed by atoms with Gasteiger partial charge in [-0.25, -0.2) is 8.42 Å². The summed E-state index contributed by atoms with van der Waals surface area (Å²) >= 11 is 6.20. The molecule has 1 aliphatic heterocycles. The first-order valence-corrected chi connectivity index (χ1v) is 11.1. The van der Waals surface area contributed by atoms with Gasteiger partial charge in [0.15, 0.2) is 0 Å². The molecule has 6 nitrogen and oxygen atoms in total. The first-order valence-electron chi connectivity index (χ1n) is 9.29. The van der Waals surface area contributed by atoms with Gasteiger partial charge < -0.3 is 5.32 Å². The number of aromatic nitrogens is 1. The largest absolute Gasteiger partial charge is 0.346 e. The molecule has 2 heterocycles. The molecule has 1 aromatic heterocycles. The second-order valence-corrected chi connectivity index (χ2v) is 9.54. The molecule has 2 aromatic rings. The van der Waals surface area contributed by atoms with Gasteiger partial charge in [-0.1, -0.05) is 18.5 Å². The van der Waals surface area contributed by atoms with E-state index in [2.05, 4.69) is 10.3 Å². The molecular weight excluding hydrogens is 398 g/mol. The Labute approximate surface area is 171 Å². The lowest BCUT2D eigenvalue weighted by atomic mass is 10.0. The van der Waals surface area contributed by atoms with Gasteiger partial charge in [-0.2, -0.15) is 4.31 Å². The Morgan fingerprint density at radius 3 is 2.68 bits per heavy atom. The van der Waals surface area contributed by atoms with Crippen LogP contribution in [0.25, 0.3) is 0 Å². The van der Waals surface area contributed by atoms with Crippen molar-refractivity contribution in [3.63, 3.8) is 0 Å². The van der Waals surface area contributed by atoms with Crippen LogP contribution in [-0.2, 0) is 10.0 Å². The summed E-state index contributed by atoms with van der Waals surface area (Å²) in [4.78, 5) is 16.6. The molecule has 0 spiro atoms. The van der Waals surface area contributed by atoms with E-state index < -0.39 is 10.0 Å². The molecule has 150 valence electrons. The highest BCUT2D eigenvalue weighted by molar-refractivity contribution is 7.89. The SMILES string of the molecule is CC1CCCN(S(=O)(=O)c2cc(C(=O)NC(C)c3ccncc3)ccc2Cl)C1. The number of carbonyl (C=O) groups excluding carboxylic acids is 1. The Balaban J connectivity index is 1.83. The van der Waals surface area contributed by atoms with Gasteiger partial charge in [-0.15, -0.1) is 0 Å². The Kier molecular flexibility index (Phi) is 6.37. The van der Waals surface area contributed by atoms with Crippen molar-refractivity contribution in [3.05, 3.63) is 58.9 Å². The summed E-state index contributed by atoms with van der Waals surface area (Å²) in [5, 5.41) is 3.00. The third-order valence-electron chi connectivity index (χ3n) is 4.98. The molecule has 2 atom stereocenters. The zero-order valence-corrected chi connectivity index (χ0v) is 17.5. The van der Waals surface area contributed by atoms with E-state index in [4.69, 9.17) is 11.6 Å². The van der Waals surface area contributed by atoms with Gasteiger partial charge >= 0.3 is 0 Å². The van der Waals surface area contributed by atoms with Gasteiger partial charge in [0.25, 0.3) is 5.91 Å². The zero-order chi connectivity index (χ0) is 20.3. The van der Waals surface area contributed by atoms with Crippen LogP contribution in [-0.4, -0.2) is 36.7 Å². The molecule has 1 fully saturated rings. The molecule has 1 aromatic carbocycles. The van der Waals surface area contributed by atoms with Gasteiger partial charge in [-0.3, -0.25) is 9.78 Å². The minimum Gasteiger partial charge on any atom is -0.346 e. The van der Waals surface area contributed by atoms with Crippen molar-refractivity contribution in [2.24, 2.45) is 5.92 Å². The Morgan fingerprint density at radius 1 is 1.29 bits per heavy atom. The van der Waals surface area contributed by atoms with E-state index in [0.29, 0.717) is 19.0 Å². The van der Waals surface area contributed by atoms with Crippen LogP contribution in [0, 0.1) is 5.92 Å². The lowest BCUT2D eigenvalue weighted by Gasteiger charge is -2.30. The fourth-order valence-corrected chi connectivity index (χ4v) is 5.46. The lowest BCUT2D eigenvalue weighted by Crippen LogP contribution is -2.39. The number of benzene rings is 1. The molecule has 0 bridgehead atoms. The van der Waals surface area contributed by atoms with Crippen LogP contribution in [0.3, 0.4) is 0 Å². The number of hydrogen-bond donors (Lipinski definition) is 1. The maximum Gasteiger partial charge on any atom is 0.251 e. The van der Waals surface area contributed by atoms with Crippen LogP contribution in [0.4, 0.5) is 0 Å². The quantitative estimate of drug-likeness (QED) is 0.799. The standard InChI is InChI=1S/C20H24ClN3O3S/c1-14-4-3-11-24(13-14)28(26,27)19-12-17(5-6-18(19)21)20(25)23-15(2)16-7-9-22-10-8-16/h5-10,12,14-15H,3-4,11,13H2,1-2H3,(H,23,25). The molecule has 1 N–H and O–H groups in total. The maximum atomic E-state index is 13.1. The van der Waals surface area contributed by atoms with E-state index in [1.807, 2.05) is 26.0 Å². The molecule has 2 unspecified atom stereocenters. The summed E-state index contributed by atoms with van der Waals surface area (Å²) in [6, 6.07) is 7.77. The fourth-order valence-electron chi connectivity index (χ4n) is 3.36. The lowest BCUT2D eigenvalue weighted by molar-refractivity contribution is 0.0939. The predicted octanol–water partition coefficient (Wildman–Crippen LogP) is 3.65. The van der Waals surface area contributed by atoms with E-state index in [1.165, 1.54) is 22.5 Å². The Bertz CT molecular complexity index is 950. The van der Waals surface area contributed by atoms with E-state index in [-0.39, 0.29) is 27.4 Å². The predicted molar refractivity (Wildman–Crippen MR) is 109 cm³/mol. The number of piperidine rings is 1. The highest BCUT2D eigenvalue weighted by Crippen LogP contribution is 2.29. The molecule has 1 amide bonds.